The topological polar surface area (TPSA) is 60.0 Å². The third kappa shape index (κ3) is 6.30. The second kappa shape index (κ2) is 10.5. The fourth-order valence-corrected chi connectivity index (χ4v) is 3.52. The SMILES string of the molecule is CCCN1CCC(NC(=NCCC(=O)N2CCCC2)NCC)CC1. The maximum Gasteiger partial charge on any atom is 0.224 e. The lowest BCUT2D eigenvalue weighted by atomic mass is 10.1. The van der Waals surface area contributed by atoms with Crippen LogP contribution in [0.15, 0.2) is 4.99 Å². The molecule has 2 fully saturated rings. The van der Waals surface area contributed by atoms with Crippen LogP contribution in [0.3, 0.4) is 0 Å². The van der Waals surface area contributed by atoms with Crippen LogP contribution in [0.4, 0.5) is 0 Å². The van der Waals surface area contributed by atoms with Gasteiger partial charge in [-0.15, -0.1) is 0 Å². The van der Waals surface area contributed by atoms with E-state index in [9.17, 15) is 4.79 Å². The Morgan fingerprint density at radius 3 is 2.46 bits per heavy atom. The molecule has 2 aliphatic heterocycles. The minimum atomic E-state index is 0.250. The first kappa shape index (κ1) is 19.0. The minimum Gasteiger partial charge on any atom is -0.357 e. The minimum absolute atomic E-state index is 0.250. The van der Waals surface area contributed by atoms with Gasteiger partial charge >= 0.3 is 0 Å². The first-order valence-electron chi connectivity index (χ1n) is 9.78. The second-order valence-corrected chi connectivity index (χ2v) is 6.86. The number of rotatable bonds is 7. The van der Waals surface area contributed by atoms with Crippen LogP contribution in [0.2, 0.25) is 0 Å². The lowest BCUT2D eigenvalue weighted by Crippen LogP contribution is -2.48. The van der Waals surface area contributed by atoms with Gasteiger partial charge in [0.25, 0.3) is 0 Å². The summed E-state index contributed by atoms with van der Waals surface area (Å²) in [5.41, 5.74) is 0. The average Bonchev–Trinajstić information content (AvgIpc) is 3.11. The summed E-state index contributed by atoms with van der Waals surface area (Å²) in [7, 11) is 0. The zero-order valence-electron chi connectivity index (χ0n) is 15.5. The van der Waals surface area contributed by atoms with Crippen molar-refractivity contribution < 1.29 is 4.79 Å². The number of nitrogens with zero attached hydrogens (tertiary/aromatic N) is 3. The molecule has 0 aromatic heterocycles. The zero-order valence-corrected chi connectivity index (χ0v) is 15.5. The van der Waals surface area contributed by atoms with Gasteiger partial charge in [0, 0.05) is 45.2 Å². The third-order valence-electron chi connectivity index (χ3n) is 4.87. The summed E-state index contributed by atoms with van der Waals surface area (Å²) in [4.78, 5) is 21.2. The van der Waals surface area contributed by atoms with Crippen LogP contribution in [-0.2, 0) is 4.79 Å². The highest BCUT2D eigenvalue weighted by atomic mass is 16.2. The number of nitrogens with one attached hydrogen (secondary N) is 2. The monoisotopic (exact) mass is 337 g/mol. The third-order valence-corrected chi connectivity index (χ3v) is 4.87. The molecular weight excluding hydrogens is 302 g/mol. The first-order chi connectivity index (χ1) is 11.7. The Bertz CT molecular complexity index is 398. The molecule has 0 atom stereocenters. The van der Waals surface area contributed by atoms with Crippen molar-refractivity contribution in [1.82, 2.24) is 20.4 Å². The van der Waals surface area contributed by atoms with Gasteiger partial charge in [-0.3, -0.25) is 9.79 Å². The van der Waals surface area contributed by atoms with E-state index in [0.29, 0.717) is 19.0 Å². The summed E-state index contributed by atoms with van der Waals surface area (Å²) in [5.74, 6) is 1.11. The first-order valence-corrected chi connectivity index (χ1v) is 9.78. The van der Waals surface area contributed by atoms with Crippen molar-refractivity contribution in [3.63, 3.8) is 0 Å². The Labute approximate surface area is 147 Å². The summed E-state index contributed by atoms with van der Waals surface area (Å²) in [5, 5.41) is 6.86. The van der Waals surface area contributed by atoms with E-state index in [2.05, 4.69) is 34.4 Å². The predicted molar refractivity (Wildman–Crippen MR) is 99.3 cm³/mol. The van der Waals surface area contributed by atoms with E-state index in [0.717, 1.165) is 51.3 Å². The fraction of sp³-hybridized carbons (Fsp3) is 0.889. The Hall–Kier alpha value is -1.30. The summed E-state index contributed by atoms with van der Waals surface area (Å²) in [6.45, 7) is 11.1. The lowest BCUT2D eigenvalue weighted by molar-refractivity contribution is -0.129. The molecule has 0 aromatic carbocycles. The van der Waals surface area contributed by atoms with E-state index in [1.807, 2.05) is 4.90 Å². The van der Waals surface area contributed by atoms with Gasteiger partial charge < -0.3 is 20.4 Å². The highest BCUT2D eigenvalue weighted by Crippen LogP contribution is 2.11. The number of likely N-dealkylation sites (tertiary alicyclic amines) is 2. The van der Waals surface area contributed by atoms with Gasteiger partial charge in [0.1, 0.15) is 0 Å². The summed E-state index contributed by atoms with van der Waals surface area (Å²) in [6, 6.07) is 0.491. The number of piperidine rings is 1. The smallest absolute Gasteiger partial charge is 0.224 e. The zero-order chi connectivity index (χ0) is 17.2. The molecule has 1 amide bonds. The van der Waals surface area contributed by atoms with Gasteiger partial charge in [0.15, 0.2) is 5.96 Å². The van der Waals surface area contributed by atoms with Crippen molar-refractivity contribution in [3.8, 4) is 0 Å². The number of carbonyl (C=O) groups is 1. The molecule has 2 saturated heterocycles. The molecule has 2 N–H and O–H groups in total. The van der Waals surface area contributed by atoms with Crippen LogP contribution in [0.25, 0.3) is 0 Å². The van der Waals surface area contributed by atoms with Gasteiger partial charge in [0.2, 0.25) is 5.91 Å². The Balaban J connectivity index is 1.73. The molecule has 0 radical (unpaired) electrons. The fourth-order valence-electron chi connectivity index (χ4n) is 3.52. The molecule has 0 aliphatic carbocycles. The molecule has 6 nitrogen and oxygen atoms in total. The molecule has 138 valence electrons. The number of hydrogen-bond acceptors (Lipinski definition) is 3. The number of guanidine groups is 1. The van der Waals surface area contributed by atoms with E-state index in [4.69, 9.17) is 0 Å². The van der Waals surface area contributed by atoms with Crippen LogP contribution in [0.5, 0.6) is 0 Å². The number of aliphatic imine (C=N–C) groups is 1. The van der Waals surface area contributed by atoms with Crippen LogP contribution in [0.1, 0.15) is 52.4 Å². The Morgan fingerprint density at radius 2 is 1.83 bits per heavy atom. The van der Waals surface area contributed by atoms with E-state index in [-0.39, 0.29) is 5.91 Å². The van der Waals surface area contributed by atoms with Crippen LogP contribution in [0, 0.1) is 0 Å². The second-order valence-electron chi connectivity index (χ2n) is 6.86. The standard InChI is InChI=1S/C18H35N5O/c1-3-11-22-14-8-16(9-15-22)21-18(19-4-2)20-10-7-17(24)23-12-5-6-13-23/h16H,3-15H2,1-2H3,(H2,19,20,21). The highest BCUT2D eigenvalue weighted by molar-refractivity contribution is 5.81. The molecule has 2 heterocycles. The quantitative estimate of drug-likeness (QED) is 0.545. The van der Waals surface area contributed by atoms with Crippen LogP contribution in [-0.4, -0.2) is 73.5 Å². The predicted octanol–water partition coefficient (Wildman–Crippen LogP) is 1.43. The highest BCUT2D eigenvalue weighted by Gasteiger charge is 2.20. The molecule has 0 aromatic rings. The molecule has 0 spiro atoms. The lowest BCUT2D eigenvalue weighted by Gasteiger charge is -2.32. The maximum atomic E-state index is 12.1. The number of hydrogen-bond donors (Lipinski definition) is 2. The number of amides is 1. The van der Waals surface area contributed by atoms with Gasteiger partial charge in [0.05, 0.1) is 6.54 Å². The molecule has 0 bridgehead atoms. The maximum absolute atomic E-state index is 12.1. The van der Waals surface area contributed by atoms with Gasteiger partial charge in [-0.25, -0.2) is 0 Å². The molecule has 2 aliphatic rings. The molecule has 0 saturated carbocycles. The molecule has 0 unspecified atom stereocenters. The van der Waals surface area contributed by atoms with E-state index >= 15 is 0 Å². The van der Waals surface area contributed by atoms with Crippen molar-refractivity contribution in [3.05, 3.63) is 0 Å². The van der Waals surface area contributed by atoms with E-state index in [1.54, 1.807) is 0 Å². The van der Waals surface area contributed by atoms with E-state index < -0.39 is 0 Å². The van der Waals surface area contributed by atoms with Crippen molar-refractivity contribution in [2.75, 3.05) is 45.8 Å². The normalized spacial score (nSPS) is 20.4. The average molecular weight is 338 g/mol. The van der Waals surface area contributed by atoms with Crippen molar-refractivity contribution in [2.45, 2.75) is 58.4 Å². The molecule has 2 rings (SSSR count). The number of carbonyl (C=O) groups excluding carboxylic acids is 1. The summed E-state index contributed by atoms with van der Waals surface area (Å²) < 4.78 is 0. The van der Waals surface area contributed by atoms with Gasteiger partial charge in [-0.1, -0.05) is 6.92 Å². The molecule has 24 heavy (non-hydrogen) atoms. The van der Waals surface area contributed by atoms with Gasteiger partial charge in [-0.05, 0) is 45.6 Å². The summed E-state index contributed by atoms with van der Waals surface area (Å²) in [6.07, 6.45) is 6.37. The van der Waals surface area contributed by atoms with Crippen molar-refractivity contribution in [2.24, 2.45) is 4.99 Å². The van der Waals surface area contributed by atoms with Crippen molar-refractivity contribution >= 4 is 11.9 Å². The van der Waals surface area contributed by atoms with Crippen LogP contribution >= 0.6 is 0 Å². The Kier molecular flexibility index (Phi) is 8.36. The molecular formula is C18H35N5O. The molecule has 6 heteroatoms. The Morgan fingerprint density at radius 1 is 1.12 bits per heavy atom. The summed E-state index contributed by atoms with van der Waals surface area (Å²) >= 11 is 0. The van der Waals surface area contributed by atoms with E-state index in [1.165, 1.54) is 26.1 Å². The van der Waals surface area contributed by atoms with Crippen LogP contribution < -0.4 is 10.6 Å². The van der Waals surface area contributed by atoms with Crippen molar-refractivity contribution in [1.29, 1.82) is 0 Å². The largest absolute Gasteiger partial charge is 0.357 e. The van der Waals surface area contributed by atoms with Gasteiger partial charge in [-0.2, -0.15) is 0 Å².